The van der Waals surface area contributed by atoms with E-state index in [1.807, 2.05) is 0 Å². The number of unbranched alkanes of at least 4 members (excludes halogenated alkanes) is 1. The van der Waals surface area contributed by atoms with Crippen molar-refractivity contribution < 1.29 is 18.2 Å². The molecule has 24 heavy (non-hydrogen) atoms. The maximum absolute atomic E-state index is 13.3. The Labute approximate surface area is 143 Å². The molecule has 0 aromatic heterocycles. The fraction of sp³-hybridized carbons (Fsp3) is 0.611. The van der Waals surface area contributed by atoms with Crippen LogP contribution in [-0.2, 0) is 16.0 Å². The lowest BCUT2D eigenvalue weighted by Crippen LogP contribution is -2.38. The number of carbonyl (C=O) groups is 1. The molecule has 1 atom stereocenters. The van der Waals surface area contributed by atoms with Gasteiger partial charge in [-0.3, -0.25) is 9.69 Å². The van der Waals surface area contributed by atoms with Crippen LogP contribution in [0.2, 0.25) is 0 Å². The predicted octanol–water partition coefficient (Wildman–Crippen LogP) is 3.07. The molecule has 6 heteroatoms. The summed E-state index contributed by atoms with van der Waals surface area (Å²) in [7, 11) is 1.46. The largest absolute Gasteiger partial charge is 0.543 e. The maximum atomic E-state index is 13.3. The van der Waals surface area contributed by atoms with E-state index in [9.17, 15) is 13.6 Å². The lowest BCUT2D eigenvalue weighted by molar-refractivity contribution is -0.141. The molecule has 0 saturated carbocycles. The summed E-state index contributed by atoms with van der Waals surface area (Å²) >= 11 is 0. The Balaban J connectivity index is 1.89. The molecule has 0 spiro atoms. The number of piperidine rings is 1. The van der Waals surface area contributed by atoms with E-state index in [1.54, 1.807) is 6.07 Å². The highest BCUT2D eigenvalue weighted by molar-refractivity contribution is 6.05. The Morgan fingerprint density at radius 3 is 2.62 bits per heavy atom. The van der Waals surface area contributed by atoms with Gasteiger partial charge in [-0.05, 0) is 56.0 Å². The summed E-state index contributed by atoms with van der Waals surface area (Å²) in [4.78, 5) is 14.3. The van der Waals surface area contributed by atoms with Gasteiger partial charge in [0.1, 0.15) is 0 Å². The number of halogens is 2. The van der Waals surface area contributed by atoms with E-state index in [-0.39, 0.29) is 11.9 Å². The molecule has 2 rings (SSSR count). The van der Waals surface area contributed by atoms with Crippen molar-refractivity contribution in [3.05, 3.63) is 35.4 Å². The third-order valence-corrected chi connectivity index (χ3v) is 4.96. The Kier molecular flexibility index (Phi) is 7.22. The molecule has 0 amide bonds. The molecule has 0 bridgehead atoms. The van der Waals surface area contributed by atoms with Crippen molar-refractivity contribution in [3.8, 4) is 0 Å². The zero-order valence-electron chi connectivity index (χ0n) is 14.6. The molecule has 1 heterocycles. The Hall–Kier alpha value is -1.43. The van der Waals surface area contributed by atoms with Crippen LogP contribution < -0.4 is 0 Å². The van der Waals surface area contributed by atoms with Gasteiger partial charge < -0.3 is 4.65 Å². The predicted molar refractivity (Wildman–Crippen MR) is 92.0 cm³/mol. The van der Waals surface area contributed by atoms with Crippen LogP contribution in [0.25, 0.3) is 0 Å². The first-order valence-electron chi connectivity index (χ1n) is 8.79. The van der Waals surface area contributed by atoms with Gasteiger partial charge in [0.15, 0.2) is 11.6 Å². The highest BCUT2D eigenvalue weighted by Gasteiger charge is 2.31. The van der Waals surface area contributed by atoms with E-state index in [4.69, 9.17) is 4.65 Å². The molecule has 1 saturated heterocycles. The van der Waals surface area contributed by atoms with Crippen LogP contribution in [0, 0.1) is 23.5 Å². The van der Waals surface area contributed by atoms with E-state index < -0.39 is 11.6 Å². The Morgan fingerprint density at radius 2 is 2.04 bits per heavy atom. The normalized spacial score (nSPS) is 17.6. The maximum Gasteiger partial charge on any atom is 0.325 e. The molecule has 1 aromatic rings. The van der Waals surface area contributed by atoms with Crippen molar-refractivity contribution in [2.75, 3.05) is 13.1 Å². The molecule has 1 aromatic carbocycles. The number of rotatable bonds is 7. The lowest BCUT2D eigenvalue weighted by Gasteiger charge is -2.35. The third kappa shape index (κ3) is 5.03. The van der Waals surface area contributed by atoms with E-state index >= 15 is 0 Å². The quantitative estimate of drug-likeness (QED) is 0.716. The molecule has 1 aliphatic rings. The smallest absolute Gasteiger partial charge is 0.325 e. The molecule has 1 unspecified atom stereocenters. The number of hydrogen-bond donors (Lipinski definition) is 0. The van der Waals surface area contributed by atoms with Gasteiger partial charge in [0.05, 0.1) is 5.92 Å². The standard InChI is InChI=1S/C18H26BF2NO2/c1-2-3-4-15(18(23)24-19)14-7-9-22(10-8-14)12-13-5-6-16(20)17(21)11-13/h5-6,11,14-15H,2-4,7-10,12,19H2,1H3. The number of likely N-dealkylation sites (tertiary alicyclic amines) is 1. The topological polar surface area (TPSA) is 29.5 Å². The molecule has 0 radical (unpaired) electrons. The van der Waals surface area contributed by atoms with Gasteiger partial charge in [0, 0.05) is 6.54 Å². The molecular weight excluding hydrogens is 311 g/mol. The average Bonchev–Trinajstić information content (AvgIpc) is 2.59. The summed E-state index contributed by atoms with van der Waals surface area (Å²) in [6, 6.07) is 4.07. The van der Waals surface area contributed by atoms with Gasteiger partial charge in [-0.1, -0.05) is 25.8 Å². The van der Waals surface area contributed by atoms with E-state index in [0.717, 1.165) is 50.8 Å². The molecule has 1 fully saturated rings. The summed E-state index contributed by atoms with van der Waals surface area (Å²) in [5.74, 6) is -1.37. The molecule has 0 aliphatic carbocycles. The van der Waals surface area contributed by atoms with Gasteiger partial charge in [0.25, 0.3) is 5.97 Å². The van der Waals surface area contributed by atoms with Crippen molar-refractivity contribution in [1.82, 2.24) is 4.90 Å². The minimum Gasteiger partial charge on any atom is -0.543 e. The first-order chi connectivity index (χ1) is 11.5. The molecule has 1 aliphatic heterocycles. The fourth-order valence-electron chi connectivity index (χ4n) is 3.53. The van der Waals surface area contributed by atoms with Gasteiger partial charge >= 0.3 is 8.05 Å². The average molecular weight is 337 g/mol. The molecule has 132 valence electrons. The number of nitrogens with zero attached hydrogens (tertiary/aromatic N) is 1. The number of carbonyl (C=O) groups excluding carboxylic acids is 1. The van der Waals surface area contributed by atoms with Crippen molar-refractivity contribution >= 4 is 14.0 Å². The second-order valence-electron chi connectivity index (χ2n) is 6.63. The second-order valence-corrected chi connectivity index (χ2v) is 6.63. The molecule has 0 N–H and O–H groups in total. The van der Waals surface area contributed by atoms with Crippen molar-refractivity contribution in [2.24, 2.45) is 11.8 Å². The minimum atomic E-state index is -0.811. The van der Waals surface area contributed by atoms with Crippen molar-refractivity contribution in [1.29, 1.82) is 0 Å². The summed E-state index contributed by atoms with van der Waals surface area (Å²) in [5.41, 5.74) is 0.780. The highest BCUT2D eigenvalue weighted by Crippen LogP contribution is 2.30. The van der Waals surface area contributed by atoms with Crippen LogP contribution in [-0.4, -0.2) is 32.0 Å². The monoisotopic (exact) mass is 337 g/mol. The van der Waals surface area contributed by atoms with Gasteiger partial charge in [-0.15, -0.1) is 0 Å². The SMILES string of the molecule is BOC(=O)C(CCCC)C1CCN(Cc2ccc(F)c(F)c2)CC1. The summed E-state index contributed by atoms with van der Waals surface area (Å²) < 4.78 is 31.3. The molecular formula is C18H26BF2NO2. The third-order valence-electron chi connectivity index (χ3n) is 4.96. The van der Waals surface area contributed by atoms with Gasteiger partial charge in [-0.25, -0.2) is 8.78 Å². The van der Waals surface area contributed by atoms with Crippen LogP contribution in [0.4, 0.5) is 8.78 Å². The second kappa shape index (κ2) is 9.16. The summed E-state index contributed by atoms with van der Waals surface area (Å²) in [6.07, 6.45) is 4.87. The zero-order chi connectivity index (χ0) is 17.5. The summed E-state index contributed by atoms with van der Waals surface area (Å²) in [6.45, 7) is 4.47. The van der Waals surface area contributed by atoms with Crippen molar-refractivity contribution in [2.45, 2.75) is 45.6 Å². The van der Waals surface area contributed by atoms with Crippen molar-refractivity contribution in [3.63, 3.8) is 0 Å². The van der Waals surface area contributed by atoms with E-state index in [2.05, 4.69) is 11.8 Å². The lowest BCUT2D eigenvalue weighted by atomic mass is 9.81. The van der Waals surface area contributed by atoms with Crippen LogP contribution >= 0.6 is 0 Å². The Bertz CT molecular complexity index is 548. The first kappa shape index (κ1) is 18.9. The summed E-state index contributed by atoms with van der Waals surface area (Å²) in [5, 5.41) is 0. The number of hydrogen-bond acceptors (Lipinski definition) is 3. The highest BCUT2D eigenvalue weighted by atomic mass is 19.2. The first-order valence-corrected chi connectivity index (χ1v) is 8.79. The van der Waals surface area contributed by atoms with Gasteiger partial charge in [-0.2, -0.15) is 0 Å². The van der Waals surface area contributed by atoms with Crippen LogP contribution in [0.15, 0.2) is 18.2 Å². The molecule has 3 nitrogen and oxygen atoms in total. The number of benzene rings is 1. The van der Waals surface area contributed by atoms with E-state index in [0.29, 0.717) is 12.5 Å². The van der Waals surface area contributed by atoms with Crippen LogP contribution in [0.1, 0.15) is 44.6 Å². The minimum absolute atomic E-state index is 0.0136. The Morgan fingerprint density at radius 1 is 1.33 bits per heavy atom. The van der Waals surface area contributed by atoms with E-state index in [1.165, 1.54) is 20.2 Å². The van der Waals surface area contributed by atoms with Gasteiger partial charge in [0.2, 0.25) is 0 Å². The zero-order valence-corrected chi connectivity index (χ0v) is 14.6. The fourth-order valence-corrected chi connectivity index (χ4v) is 3.53. The van der Waals surface area contributed by atoms with Crippen LogP contribution in [0.5, 0.6) is 0 Å². The van der Waals surface area contributed by atoms with Crippen LogP contribution in [0.3, 0.4) is 0 Å².